The Hall–Kier alpha value is -4.48. The molecule has 0 aromatic carbocycles. The van der Waals surface area contributed by atoms with E-state index in [-0.39, 0.29) is 25.2 Å². The van der Waals surface area contributed by atoms with Gasteiger partial charge in [0.25, 0.3) is 0 Å². The predicted octanol–water partition coefficient (Wildman–Crippen LogP) is 19.2. The SMILES string of the molecule is CC/C=C\C/C=C\C/C=C\C/C=C\C/C=C\C/C=C\C/C=C\CCCCCCCCCCCCCC(=O)OC(CO)COC(=O)CCCCCC/C=C\C/C=C\C/C=C\C/C=C\C/C=C\C/C=C\CC. The monoisotopic (exact) mass is 963 g/mol. The molecule has 0 spiro atoms. The highest BCUT2D eigenvalue weighted by Gasteiger charge is 2.16. The first-order valence-corrected chi connectivity index (χ1v) is 28.0. The summed E-state index contributed by atoms with van der Waals surface area (Å²) in [5.41, 5.74) is 0. The lowest BCUT2D eigenvalue weighted by Crippen LogP contribution is -2.28. The molecule has 0 amide bonds. The van der Waals surface area contributed by atoms with Gasteiger partial charge in [-0.05, 0) is 122 Å². The number of unbranched alkanes of at least 4 members (excludes halogenated alkanes) is 15. The van der Waals surface area contributed by atoms with Crippen molar-refractivity contribution in [3.8, 4) is 0 Å². The Morgan fingerprint density at radius 2 is 0.571 bits per heavy atom. The van der Waals surface area contributed by atoms with Gasteiger partial charge in [0.05, 0.1) is 6.61 Å². The van der Waals surface area contributed by atoms with Crippen LogP contribution in [0.3, 0.4) is 0 Å². The zero-order valence-corrected chi connectivity index (χ0v) is 44.7. The number of hydrogen-bond donors (Lipinski definition) is 1. The van der Waals surface area contributed by atoms with E-state index in [0.29, 0.717) is 12.8 Å². The number of carbonyl (C=O) groups is 2. The first-order chi connectivity index (χ1) is 34.6. The molecule has 0 fully saturated rings. The van der Waals surface area contributed by atoms with Gasteiger partial charge in [-0.25, -0.2) is 0 Å². The number of aliphatic hydroxyl groups excluding tert-OH is 1. The Morgan fingerprint density at radius 1 is 0.329 bits per heavy atom. The third kappa shape index (κ3) is 56.1. The molecule has 0 bridgehead atoms. The summed E-state index contributed by atoms with van der Waals surface area (Å²) >= 11 is 0. The summed E-state index contributed by atoms with van der Waals surface area (Å²) in [6, 6.07) is 0. The standard InChI is InChI=1S/C65H102O5/c1-3-5-7-9-11-13-15-17-19-21-23-25-27-28-29-30-31-32-33-34-35-36-38-40-42-44-46-48-50-52-54-56-58-60-65(68)70-63(61-66)62-69-64(67)59-57-55-53-51-49-47-45-43-41-39-37-26-24-22-20-18-16-14-12-10-8-6-4-2/h5-8,11-14,17-20,23-26,28-29,31-32,34-35,39,41,45,47,63,66H,3-4,9-10,15-16,21-22,27,30,33,36-38,40,42-44,46,48-62H2,1-2H3/b7-5-,8-6-,13-11-,14-12-,19-17-,20-18-,25-23-,26-24-,29-28-,32-31-,35-34-,41-39-,47-45-. The third-order valence-electron chi connectivity index (χ3n) is 11.3. The van der Waals surface area contributed by atoms with Gasteiger partial charge >= 0.3 is 11.9 Å². The van der Waals surface area contributed by atoms with Gasteiger partial charge in [-0.3, -0.25) is 9.59 Å². The van der Waals surface area contributed by atoms with Crippen LogP contribution in [0.4, 0.5) is 0 Å². The van der Waals surface area contributed by atoms with E-state index in [1.54, 1.807) is 0 Å². The molecule has 0 saturated heterocycles. The van der Waals surface area contributed by atoms with Crippen LogP contribution < -0.4 is 0 Å². The molecule has 70 heavy (non-hydrogen) atoms. The fourth-order valence-corrected chi connectivity index (χ4v) is 7.18. The molecule has 0 heterocycles. The highest BCUT2D eigenvalue weighted by atomic mass is 16.6. The van der Waals surface area contributed by atoms with Crippen molar-refractivity contribution in [3.05, 3.63) is 158 Å². The van der Waals surface area contributed by atoms with Gasteiger partial charge in [0.15, 0.2) is 6.10 Å². The van der Waals surface area contributed by atoms with Crippen LogP contribution in [0.2, 0.25) is 0 Å². The Kier molecular flexibility index (Phi) is 55.1. The van der Waals surface area contributed by atoms with Crippen LogP contribution in [0.1, 0.15) is 219 Å². The average Bonchev–Trinajstić information content (AvgIpc) is 3.36. The normalized spacial score (nSPS) is 13.5. The summed E-state index contributed by atoms with van der Waals surface area (Å²) in [6.07, 6.45) is 90.6. The van der Waals surface area contributed by atoms with E-state index < -0.39 is 6.10 Å². The summed E-state index contributed by atoms with van der Waals surface area (Å²) in [7, 11) is 0. The van der Waals surface area contributed by atoms with E-state index in [2.05, 4.69) is 172 Å². The second-order valence-corrected chi connectivity index (χ2v) is 17.9. The van der Waals surface area contributed by atoms with Crippen molar-refractivity contribution in [3.63, 3.8) is 0 Å². The lowest BCUT2D eigenvalue weighted by atomic mass is 10.0. The van der Waals surface area contributed by atoms with Crippen LogP contribution in [-0.4, -0.2) is 36.4 Å². The first-order valence-electron chi connectivity index (χ1n) is 28.0. The van der Waals surface area contributed by atoms with Crippen molar-refractivity contribution < 1.29 is 24.2 Å². The number of carbonyl (C=O) groups excluding carboxylic acids is 2. The first kappa shape index (κ1) is 65.5. The van der Waals surface area contributed by atoms with Gasteiger partial charge in [0.2, 0.25) is 0 Å². The van der Waals surface area contributed by atoms with Crippen LogP contribution in [0.25, 0.3) is 0 Å². The summed E-state index contributed by atoms with van der Waals surface area (Å²) < 4.78 is 10.7. The van der Waals surface area contributed by atoms with E-state index in [1.807, 2.05) is 0 Å². The number of hydrogen-bond acceptors (Lipinski definition) is 5. The molecule has 5 nitrogen and oxygen atoms in total. The Bertz CT molecular complexity index is 1560. The number of allylic oxidation sites excluding steroid dienone is 26. The maximum absolute atomic E-state index is 12.3. The fraction of sp³-hybridized carbons (Fsp3) is 0.569. The molecule has 0 saturated carbocycles. The zero-order chi connectivity index (χ0) is 50.6. The second-order valence-electron chi connectivity index (χ2n) is 17.9. The number of rotatable bonds is 49. The smallest absolute Gasteiger partial charge is 0.306 e. The minimum absolute atomic E-state index is 0.0907. The average molecular weight is 964 g/mol. The van der Waals surface area contributed by atoms with Crippen molar-refractivity contribution >= 4 is 11.9 Å². The van der Waals surface area contributed by atoms with E-state index in [9.17, 15) is 14.7 Å². The Labute approximate surface area is 430 Å². The summed E-state index contributed by atoms with van der Waals surface area (Å²) in [6.45, 7) is 3.88. The van der Waals surface area contributed by atoms with Crippen molar-refractivity contribution in [1.82, 2.24) is 0 Å². The highest BCUT2D eigenvalue weighted by molar-refractivity contribution is 5.70. The molecule has 1 atom stereocenters. The van der Waals surface area contributed by atoms with Gasteiger partial charge in [-0.2, -0.15) is 0 Å². The number of esters is 2. The van der Waals surface area contributed by atoms with Crippen molar-refractivity contribution in [2.75, 3.05) is 13.2 Å². The lowest BCUT2D eigenvalue weighted by molar-refractivity contribution is -0.161. The lowest BCUT2D eigenvalue weighted by Gasteiger charge is -2.15. The molecule has 392 valence electrons. The summed E-state index contributed by atoms with van der Waals surface area (Å²) in [5.74, 6) is -0.634. The van der Waals surface area contributed by atoms with E-state index in [1.165, 1.54) is 57.8 Å². The van der Waals surface area contributed by atoms with Crippen molar-refractivity contribution in [2.24, 2.45) is 0 Å². The second kappa shape index (κ2) is 58.8. The van der Waals surface area contributed by atoms with Gasteiger partial charge in [-0.15, -0.1) is 0 Å². The number of ether oxygens (including phenoxy) is 2. The van der Waals surface area contributed by atoms with Gasteiger partial charge in [0, 0.05) is 12.8 Å². The van der Waals surface area contributed by atoms with Gasteiger partial charge in [-0.1, -0.05) is 242 Å². The molecule has 1 unspecified atom stereocenters. The highest BCUT2D eigenvalue weighted by Crippen LogP contribution is 2.14. The fourth-order valence-electron chi connectivity index (χ4n) is 7.18. The minimum Gasteiger partial charge on any atom is -0.462 e. The van der Waals surface area contributed by atoms with Crippen LogP contribution in [0.5, 0.6) is 0 Å². The van der Waals surface area contributed by atoms with Gasteiger partial charge in [0.1, 0.15) is 6.61 Å². The quantitative estimate of drug-likeness (QED) is 0.0374. The molecular weight excluding hydrogens is 861 g/mol. The number of aliphatic hydroxyl groups is 1. The van der Waals surface area contributed by atoms with E-state index in [0.717, 1.165) is 135 Å². The predicted molar refractivity (Wildman–Crippen MR) is 306 cm³/mol. The maximum Gasteiger partial charge on any atom is 0.306 e. The zero-order valence-electron chi connectivity index (χ0n) is 44.7. The molecule has 0 aliphatic carbocycles. The van der Waals surface area contributed by atoms with Crippen LogP contribution >= 0.6 is 0 Å². The summed E-state index contributed by atoms with van der Waals surface area (Å²) in [4.78, 5) is 24.5. The molecule has 0 aliphatic rings. The van der Waals surface area contributed by atoms with Crippen molar-refractivity contribution in [1.29, 1.82) is 0 Å². The molecule has 0 aromatic heterocycles. The largest absolute Gasteiger partial charge is 0.462 e. The molecule has 1 N–H and O–H groups in total. The topological polar surface area (TPSA) is 72.8 Å². The van der Waals surface area contributed by atoms with Crippen LogP contribution in [0.15, 0.2) is 158 Å². The van der Waals surface area contributed by atoms with Crippen molar-refractivity contribution in [2.45, 2.75) is 225 Å². The molecule has 0 aliphatic heterocycles. The molecule has 5 heteroatoms. The Balaban J connectivity index is 3.62. The van der Waals surface area contributed by atoms with Gasteiger partial charge < -0.3 is 14.6 Å². The van der Waals surface area contributed by atoms with E-state index >= 15 is 0 Å². The van der Waals surface area contributed by atoms with Crippen LogP contribution in [0, 0.1) is 0 Å². The molecule has 0 aromatic rings. The third-order valence-corrected chi connectivity index (χ3v) is 11.3. The minimum atomic E-state index is -0.798. The molecular formula is C65H102O5. The molecule has 0 radical (unpaired) electrons. The Morgan fingerprint density at radius 3 is 0.857 bits per heavy atom. The van der Waals surface area contributed by atoms with E-state index in [4.69, 9.17) is 9.47 Å². The van der Waals surface area contributed by atoms with Crippen LogP contribution in [-0.2, 0) is 19.1 Å². The summed E-state index contributed by atoms with van der Waals surface area (Å²) in [5, 5.41) is 9.65. The maximum atomic E-state index is 12.3. The molecule has 0 rings (SSSR count).